The van der Waals surface area contributed by atoms with Crippen LogP contribution in [0.1, 0.15) is 42.3 Å². The maximum Gasteiger partial charge on any atom is 0.271 e. The zero-order valence-electron chi connectivity index (χ0n) is 15.7. The van der Waals surface area contributed by atoms with E-state index in [-0.39, 0.29) is 33.5 Å². The fourth-order valence-corrected chi connectivity index (χ4v) is 2.65. The third-order valence-electron chi connectivity index (χ3n) is 4.20. The Morgan fingerprint density at radius 3 is 2.43 bits per heavy atom. The van der Waals surface area contributed by atoms with Gasteiger partial charge >= 0.3 is 0 Å². The molecule has 0 bridgehead atoms. The topological polar surface area (TPSA) is 112 Å². The van der Waals surface area contributed by atoms with Gasteiger partial charge in [0.2, 0.25) is 5.43 Å². The normalized spacial score (nSPS) is 11.8. The summed E-state index contributed by atoms with van der Waals surface area (Å²) < 4.78 is 5.49. The molecule has 1 aromatic heterocycles. The Hall–Kier alpha value is -3.61. The van der Waals surface area contributed by atoms with Crippen molar-refractivity contribution in [3.05, 3.63) is 69.6 Å². The van der Waals surface area contributed by atoms with E-state index in [1.807, 2.05) is 6.07 Å². The highest BCUT2D eigenvalue weighted by Gasteiger charge is 2.16. The van der Waals surface area contributed by atoms with Gasteiger partial charge in [-0.2, -0.15) is 5.10 Å². The summed E-state index contributed by atoms with van der Waals surface area (Å²) in [5.41, 5.74) is 3.52. The number of phenols is 2. The highest BCUT2D eigenvalue weighted by Crippen LogP contribution is 2.25. The zero-order valence-corrected chi connectivity index (χ0v) is 15.7. The molecule has 2 aromatic carbocycles. The SMILES string of the molecule is CC(C)(C)c1ccc2occ(/C=N/NC(=O)c3cc(O)cc(O)c3)c(=O)c2c1. The Morgan fingerprint density at radius 2 is 1.79 bits per heavy atom. The lowest BCUT2D eigenvalue weighted by Gasteiger charge is -2.19. The number of hydrogen-bond acceptors (Lipinski definition) is 6. The fraction of sp³-hybridized carbons (Fsp3) is 0.190. The summed E-state index contributed by atoms with van der Waals surface area (Å²) in [7, 11) is 0. The van der Waals surface area contributed by atoms with Gasteiger partial charge in [-0.1, -0.05) is 26.8 Å². The molecule has 0 aliphatic carbocycles. The van der Waals surface area contributed by atoms with Crippen molar-refractivity contribution in [2.75, 3.05) is 0 Å². The Morgan fingerprint density at radius 1 is 1.11 bits per heavy atom. The summed E-state index contributed by atoms with van der Waals surface area (Å²) in [6.07, 6.45) is 2.47. The number of hydrazone groups is 1. The monoisotopic (exact) mass is 380 g/mol. The summed E-state index contributed by atoms with van der Waals surface area (Å²) in [5, 5.41) is 23.1. The molecule has 1 amide bonds. The van der Waals surface area contributed by atoms with Crippen LogP contribution in [-0.4, -0.2) is 22.3 Å². The van der Waals surface area contributed by atoms with Crippen molar-refractivity contribution < 1.29 is 19.4 Å². The zero-order chi connectivity index (χ0) is 20.5. The van der Waals surface area contributed by atoms with Crippen molar-refractivity contribution in [3.63, 3.8) is 0 Å². The third-order valence-corrected chi connectivity index (χ3v) is 4.20. The van der Waals surface area contributed by atoms with Crippen LogP contribution in [0.5, 0.6) is 11.5 Å². The van der Waals surface area contributed by atoms with Crippen LogP contribution in [0.4, 0.5) is 0 Å². The lowest BCUT2D eigenvalue weighted by atomic mass is 9.86. The minimum atomic E-state index is -0.650. The van der Waals surface area contributed by atoms with E-state index in [4.69, 9.17) is 4.42 Å². The average Bonchev–Trinajstić information content (AvgIpc) is 2.61. The number of amides is 1. The van der Waals surface area contributed by atoms with E-state index in [2.05, 4.69) is 31.3 Å². The Bertz CT molecular complexity index is 1120. The van der Waals surface area contributed by atoms with Gasteiger partial charge in [0, 0.05) is 11.6 Å². The van der Waals surface area contributed by atoms with Crippen LogP contribution in [0.15, 0.2) is 57.0 Å². The molecule has 28 heavy (non-hydrogen) atoms. The van der Waals surface area contributed by atoms with Crippen molar-refractivity contribution in [2.24, 2.45) is 5.10 Å². The average molecular weight is 380 g/mol. The number of benzene rings is 2. The molecule has 3 N–H and O–H groups in total. The quantitative estimate of drug-likeness (QED) is 0.477. The van der Waals surface area contributed by atoms with E-state index in [1.165, 1.54) is 24.6 Å². The lowest BCUT2D eigenvalue weighted by Crippen LogP contribution is -2.18. The molecule has 0 spiro atoms. The minimum absolute atomic E-state index is 0.0232. The van der Waals surface area contributed by atoms with E-state index in [9.17, 15) is 19.8 Å². The predicted molar refractivity (Wildman–Crippen MR) is 106 cm³/mol. The molecule has 0 unspecified atom stereocenters. The highest BCUT2D eigenvalue weighted by molar-refractivity contribution is 5.96. The Labute approximate surface area is 160 Å². The van der Waals surface area contributed by atoms with Gasteiger partial charge in [0.05, 0.1) is 17.2 Å². The van der Waals surface area contributed by atoms with Gasteiger partial charge in [-0.25, -0.2) is 5.43 Å². The predicted octanol–water partition coefficient (Wildman–Crippen LogP) is 3.27. The van der Waals surface area contributed by atoms with Crippen LogP contribution in [-0.2, 0) is 5.41 Å². The second kappa shape index (κ2) is 7.19. The first kappa shape index (κ1) is 19.2. The van der Waals surface area contributed by atoms with Crippen molar-refractivity contribution in [3.8, 4) is 11.5 Å². The first-order valence-electron chi connectivity index (χ1n) is 8.57. The summed E-state index contributed by atoms with van der Waals surface area (Å²) in [6, 6.07) is 8.95. The maximum atomic E-state index is 12.7. The Kier molecular flexibility index (Phi) is 4.92. The number of nitrogens with one attached hydrogen (secondary N) is 1. The Balaban J connectivity index is 1.86. The van der Waals surface area contributed by atoms with E-state index < -0.39 is 5.91 Å². The molecular formula is C21H20N2O5. The van der Waals surface area contributed by atoms with Crippen LogP contribution in [0.3, 0.4) is 0 Å². The van der Waals surface area contributed by atoms with E-state index in [1.54, 1.807) is 12.1 Å². The van der Waals surface area contributed by atoms with E-state index >= 15 is 0 Å². The van der Waals surface area contributed by atoms with Gasteiger partial charge in [0.25, 0.3) is 5.91 Å². The second-order valence-electron chi connectivity index (χ2n) is 7.42. The van der Waals surface area contributed by atoms with Crippen molar-refractivity contribution in [2.45, 2.75) is 26.2 Å². The molecule has 0 radical (unpaired) electrons. The summed E-state index contributed by atoms with van der Waals surface area (Å²) >= 11 is 0. The number of fused-ring (bicyclic) bond motifs is 1. The molecule has 7 heteroatoms. The number of carbonyl (C=O) groups is 1. The van der Waals surface area contributed by atoms with Crippen molar-refractivity contribution in [1.29, 1.82) is 0 Å². The number of carbonyl (C=O) groups excluding carboxylic acids is 1. The second-order valence-corrected chi connectivity index (χ2v) is 7.42. The molecule has 0 aliphatic heterocycles. The van der Waals surface area contributed by atoms with Crippen LogP contribution in [0, 0.1) is 0 Å². The molecule has 0 saturated carbocycles. The van der Waals surface area contributed by atoms with Gasteiger partial charge < -0.3 is 14.6 Å². The molecule has 1 heterocycles. The lowest BCUT2D eigenvalue weighted by molar-refractivity contribution is 0.0954. The van der Waals surface area contributed by atoms with Crippen molar-refractivity contribution in [1.82, 2.24) is 5.43 Å². The number of aromatic hydroxyl groups is 2. The van der Waals surface area contributed by atoms with Gasteiger partial charge in [0.15, 0.2) is 0 Å². The van der Waals surface area contributed by atoms with Crippen LogP contribution < -0.4 is 10.9 Å². The third kappa shape index (κ3) is 4.03. The molecule has 0 aliphatic rings. The highest BCUT2D eigenvalue weighted by atomic mass is 16.3. The summed E-state index contributed by atoms with van der Waals surface area (Å²) in [6.45, 7) is 6.15. The summed E-state index contributed by atoms with van der Waals surface area (Å²) in [5.74, 6) is -1.15. The standard InChI is InChI=1S/C21H20N2O5/c1-21(2,3)14-4-5-18-17(8-14)19(26)13(11-28-18)10-22-23-20(27)12-6-15(24)9-16(25)7-12/h4-11,24-25H,1-3H3,(H,23,27)/b22-10+. The van der Waals surface area contributed by atoms with Gasteiger partial charge in [0.1, 0.15) is 23.3 Å². The first-order valence-corrected chi connectivity index (χ1v) is 8.57. The first-order chi connectivity index (χ1) is 13.1. The van der Waals surface area contributed by atoms with Gasteiger partial charge in [-0.05, 0) is 35.2 Å². The van der Waals surface area contributed by atoms with Crippen LogP contribution >= 0.6 is 0 Å². The molecule has 144 valence electrons. The number of rotatable bonds is 3. The van der Waals surface area contributed by atoms with E-state index in [0.29, 0.717) is 11.0 Å². The molecule has 3 aromatic rings. The molecule has 0 atom stereocenters. The number of nitrogens with zero attached hydrogens (tertiary/aromatic N) is 1. The molecule has 0 saturated heterocycles. The summed E-state index contributed by atoms with van der Waals surface area (Å²) in [4.78, 5) is 24.8. The molecular weight excluding hydrogens is 360 g/mol. The van der Waals surface area contributed by atoms with Crippen LogP contribution in [0.25, 0.3) is 11.0 Å². The molecule has 3 rings (SSSR count). The van der Waals surface area contributed by atoms with E-state index in [0.717, 1.165) is 11.6 Å². The number of hydrogen-bond donors (Lipinski definition) is 3. The number of phenolic OH excluding ortho intramolecular Hbond substituents is 2. The smallest absolute Gasteiger partial charge is 0.271 e. The minimum Gasteiger partial charge on any atom is -0.508 e. The van der Waals surface area contributed by atoms with Gasteiger partial charge in [-0.15, -0.1) is 0 Å². The van der Waals surface area contributed by atoms with Crippen molar-refractivity contribution >= 4 is 23.1 Å². The largest absolute Gasteiger partial charge is 0.508 e. The molecule has 7 nitrogen and oxygen atoms in total. The fourth-order valence-electron chi connectivity index (χ4n) is 2.65. The molecule has 0 fully saturated rings. The van der Waals surface area contributed by atoms with Crippen LogP contribution in [0.2, 0.25) is 0 Å². The van der Waals surface area contributed by atoms with Gasteiger partial charge in [-0.3, -0.25) is 9.59 Å². The maximum absolute atomic E-state index is 12.7.